The summed E-state index contributed by atoms with van der Waals surface area (Å²) < 4.78 is 10.5. The van der Waals surface area contributed by atoms with E-state index in [1.54, 1.807) is 18.2 Å². The molecule has 1 aromatic heterocycles. The highest BCUT2D eigenvalue weighted by molar-refractivity contribution is 5.81. The molecule has 0 bridgehead atoms. The maximum absolute atomic E-state index is 12.2. The van der Waals surface area contributed by atoms with Gasteiger partial charge in [-0.25, -0.2) is 0 Å². The Kier molecular flexibility index (Phi) is 4.38. The molecule has 0 aliphatic carbocycles. The largest absolute Gasteiger partial charge is 0.467 e. The smallest absolute Gasteiger partial charge is 0.239 e. The summed E-state index contributed by atoms with van der Waals surface area (Å²) in [6, 6.07) is 3.23. The summed E-state index contributed by atoms with van der Waals surface area (Å²) in [6.07, 6.45) is 3.33. The number of hydrogen-bond donors (Lipinski definition) is 1. The molecule has 1 saturated heterocycles. The van der Waals surface area contributed by atoms with Crippen LogP contribution in [0.1, 0.15) is 18.6 Å². The first-order chi connectivity index (χ1) is 8.68. The maximum atomic E-state index is 12.2. The molecule has 1 aliphatic rings. The lowest BCUT2D eigenvalue weighted by Crippen LogP contribution is -2.47. The molecule has 1 amide bonds. The number of nitrogens with two attached hydrogens (primary N) is 1. The Bertz CT molecular complexity index is 372. The highest BCUT2D eigenvalue weighted by Gasteiger charge is 2.28. The van der Waals surface area contributed by atoms with E-state index in [1.807, 2.05) is 12.1 Å². The van der Waals surface area contributed by atoms with Crippen LogP contribution >= 0.6 is 0 Å². The van der Waals surface area contributed by atoms with Gasteiger partial charge in [0.25, 0.3) is 0 Å². The van der Waals surface area contributed by atoms with E-state index in [2.05, 4.69) is 0 Å². The van der Waals surface area contributed by atoms with Crippen LogP contribution < -0.4 is 5.73 Å². The van der Waals surface area contributed by atoms with Crippen molar-refractivity contribution < 1.29 is 13.9 Å². The first kappa shape index (κ1) is 13.1. The summed E-state index contributed by atoms with van der Waals surface area (Å²) in [4.78, 5) is 13.8. The van der Waals surface area contributed by atoms with Crippen LogP contribution in [-0.4, -0.2) is 37.1 Å². The van der Waals surface area contributed by atoms with E-state index in [0.29, 0.717) is 19.8 Å². The van der Waals surface area contributed by atoms with Gasteiger partial charge in [-0.05, 0) is 30.9 Å². The number of nitrogens with zero attached hydrogens (tertiary/aromatic N) is 1. The fraction of sp³-hybridized carbons (Fsp3) is 0.615. The maximum Gasteiger partial charge on any atom is 0.239 e. The third kappa shape index (κ3) is 3.11. The lowest BCUT2D eigenvalue weighted by Gasteiger charge is -2.29. The van der Waals surface area contributed by atoms with E-state index in [1.165, 1.54) is 0 Å². The number of ether oxygens (including phenoxy) is 1. The van der Waals surface area contributed by atoms with Crippen LogP contribution in [-0.2, 0) is 16.1 Å². The third-order valence-electron chi connectivity index (χ3n) is 3.41. The molecule has 0 aromatic carbocycles. The van der Waals surface area contributed by atoms with Crippen molar-refractivity contribution in [1.82, 2.24) is 4.90 Å². The summed E-state index contributed by atoms with van der Waals surface area (Å²) >= 11 is 0. The van der Waals surface area contributed by atoms with Gasteiger partial charge in [0.15, 0.2) is 0 Å². The SMILES string of the molecule is CN(Cc1ccco1)C(=O)C(N)C1CCOCC1. The molecule has 100 valence electrons. The molecule has 1 fully saturated rings. The molecule has 1 aromatic rings. The molecular formula is C13H20N2O3. The predicted molar refractivity (Wildman–Crippen MR) is 66.7 cm³/mol. The van der Waals surface area contributed by atoms with Gasteiger partial charge < -0.3 is 19.8 Å². The molecule has 5 heteroatoms. The van der Waals surface area contributed by atoms with Gasteiger partial charge in [0.1, 0.15) is 5.76 Å². The Morgan fingerprint density at radius 3 is 2.89 bits per heavy atom. The molecule has 1 aliphatic heterocycles. The van der Waals surface area contributed by atoms with Crippen LogP contribution in [0, 0.1) is 5.92 Å². The standard InChI is InChI=1S/C13H20N2O3/c1-15(9-11-3-2-6-18-11)13(16)12(14)10-4-7-17-8-5-10/h2-3,6,10,12H,4-5,7-9,14H2,1H3. The Balaban J connectivity index is 1.88. The van der Waals surface area contributed by atoms with E-state index >= 15 is 0 Å². The van der Waals surface area contributed by atoms with Gasteiger partial charge in [-0.1, -0.05) is 0 Å². The fourth-order valence-corrected chi connectivity index (χ4v) is 2.25. The van der Waals surface area contributed by atoms with Crippen molar-refractivity contribution in [2.75, 3.05) is 20.3 Å². The van der Waals surface area contributed by atoms with Gasteiger partial charge in [0, 0.05) is 20.3 Å². The fourth-order valence-electron chi connectivity index (χ4n) is 2.25. The van der Waals surface area contributed by atoms with Crippen molar-refractivity contribution in [3.8, 4) is 0 Å². The van der Waals surface area contributed by atoms with Gasteiger partial charge in [-0.3, -0.25) is 4.79 Å². The van der Waals surface area contributed by atoms with Gasteiger partial charge in [0.2, 0.25) is 5.91 Å². The first-order valence-electron chi connectivity index (χ1n) is 6.29. The van der Waals surface area contributed by atoms with Crippen LogP contribution in [0.2, 0.25) is 0 Å². The Morgan fingerprint density at radius 2 is 2.28 bits per heavy atom. The monoisotopic (exact) mass is 252 g/mol. The average molecular weight is 252 g/mol. The van der Waals surface area contributed by atoms with Gasteiger partial charge in [-0.15, -0.1) is 0 Å². The van der Waals surface area contributed by atoms with E-state index in [4.69, 9.17) is 14.9 Å². The van der Waals surface area contributed by atoms with Gasteiger partial charge in [0.05, 0.1) is 18.8 Å². The van der Waals surface area contributed by atoms with Gasteiger partial charge >= 0.3 is 0 Å². The number of amides is 1. The number of likely N-dealkylation sites (N-methyl/N-ethyl adjacent to an activating group) is 1. The summed E-state index contributed by atoms with van der Waals surface area (Å²) in [5, 5.41) is 0. The lowest BCUT2D eigenvalue weighted by molar-refractivity contribution is -0.134. The number of furan rings is 1. The topological polar surface area (TPSA) is 68.7 Å². The predicted octanol–water partition coefficient (Wildman–Crippen LogP) is 0.992. The molecular weight excluding hydrogens is 232 g/mol. The van der Waals surface area contributed by atoms with Crippen molar-refractivity contribution in [3.05, 3.63) is 24.2 Å². The van der Waals surface area contributed by atoms with E-state index in [9.17, 15) is 4.79 Å². The van der Waals surface area contributed by atoms with Crippen LogP contribution in [0.15, 0.2) is 22.8 Å². The number of carbonyl (C=O) groups excluding carboxylic acids is 1. The van der Waals surface area contributed by atoms with Crippen molar-refractivity contribution in [3.63, 3.8) is 0 Å². The van der Waals surface area contributed by atoms with Crippen LogP contribution in [0.25, 0.3) is 0 Å². The minimum absolute atomic E-state index is 0.0294. The number of rotatable bonds is 4. The minimum atomic E-state index is -0.436. The Labute approximate surface area is 107 Å². The van der Waals surface area contributed by atoms with Crippen LogP contribution in [0.3, 0.4) is 0 Å². The van der Waals surface area contributed by atoms with Crippen LogP contribution in [0.5, 0.6) is 0 Å². The second-order valence-corrected chi connectivity index (χ2v) is 4.75. The quantitative estimate of drug-likeness (QED) is 0.867. The zero-order chi connectivity index (χ0) is 13.0. The first-order valence-corrected chi connectivity index (χ1v) is 6.29. The summed E-state index contributed by atoms with van der Waals surface area (Å²) in [5.41, 5.74) is 6.04. The van der Waals surface area contributed by atoms with Gasteiger partial charge in [-0.2, -0.15) is 0 Å². The van der Waals surface area contributed by atoms with E-state index < -0.39 is 6.04 Å². The molecule has 2 rings (SSSR count). The van der Waals surface area contributed by atoms with E-state index in [0.717, 1.165) is 18.6 Å². The molecule has 0 spiro atoms. The van der Waals surface area contributed by atoms with Crippen molar-refractivity contribution in [1.29, 1.82) is 0 Å². The van der Waals surface area contributed by atoms with Crippen molar-refractivity contribution >= 4 is 5.91 Å². The molecule has 5 nitrogen and oxygen atoms in total. The number of hydrogen-bond acceptors (Lipinski definition) is 4. The van der Waals surface area contributed by atoms with Crippen molar-refractivity contribution in [2.45, 2.75) is 25.4 Å². The second-order valence-electron chi connectivity index (χ2n) is 4.75. The average Bonchev–Trinajstić information content (AvgIpc) is 2.91. The van der Waals surface area contributed by atoms with Crippen molar-refractivity contribution in [2.24, 2.45) is 11.7 Å². The zero-order valence-corrected chi connectivity index (χ0v) is 10.7. The number of carbonyl (C=O) groups is 1. The Hall–Kier alpha value is -1.33. The molecule has 2 N–H and O–H groups in total. The van der Waals surface area contributed by atoms with Crippen LogP contribution in [0.4, 0.5) is 0 Å². The highest BCUT2D eigenvalue weighted by Crippen LogP contribution is 2.19. The Morgan fingerprint density at radius 1 is 1.56 bits per heavy atom. The highest BCUT2D eigenvalue weighted by atomic mass is 16.5. The zero-order valence-electron chi connectivity index (χ0n) is 10.7. The molecule has 0 saturated carbocycles. The summed E-state index contributed by atoms with van der Waals surface area (Å²) in [5.74, 6) is 0.966. The van der Waals surface area contributed by atoms with E-state index in [-0.39, 0.29) is 11.8 Å². The molecule has 2 heterocycles. The summed E-state index contributed by atoms with van der Waals surface area (Å²) in [6.45, 7) is 1.86. The molecule has 1 atom stereocenters. The summed E-state index contributed by atoms with van der Waals surface area (Å²) in [7, 11) is 1.75. The molecule has 18 heavy (non-hydrogen) atoms. The lowest BCUT2D eigenvalue weighted by atomic mass is 9.91. The molecule has 0 radical (unpaired) electrons. The third-order valence-corrected chi connectivity index (χ3v) is 3.41. The molecule has 1 unspecified atom stereocenters. The normalized spacial score (nSPS) is 18.6. The minimum Gasteiger partial charge on any atom is -0.467 e. The second kappa shape index (κ2) is 6.02.